The van der Waals surface area contributed by atoms with E-state index in [2.05, 4.69) is 15.4 Å². The van der Waals surface area contributed by atoms with Crippen LogP contribution in [0.5, 0.6) is 0 Å². The number of carbonyl (C=O) groups excluding carboxylic acids is 1. The van der Waals surface area contributed by atoms with E-state index in [1.165, 1.54) is 28.5 Å². The number of rotatable bonds is 6. The zero-order valence-corrected chi connectivity index (χ0v) is 12.9. The van der Waals surface area contributed by atoms with Crippen LogP contribution in [0.15, 0.2) is 16.8 Å². The van der Waals surface area contributed by atoms with E-state index in [1.54, 1.807) is 7.11 Å². The lowest BCUT2D eigenvalue weighted by molar-refractivity contribution is 0.0940. The molecule has 0 aromatic carbocycles. The Kier molecular flexibility index (Phi) is 4.76. The van der Waals surface area contributed by atoms with Gasteiger partial charge in [-0.3, -0.25) is 9.69 Å². The van der Waals surface area contributed by atoms with Crippen molar-refractivity contribution >= 4 is 22.4 Å². The average molecular weight is 324 g/mol. The number of hydrogen-bond acceptors (Lipinski definition) is 8. The van der Waals surface area contributed by atoms with Gasteiger partial charge in [-0.1, -0.05) is 16.5 Å². The van der Waals surface area contributed by atoms with Gasteiger partial charge < -0.3 is 14.0 Å². The second-order valence-electron chi connectivity index (χ2n) is 4.81. The summed E-state index contributed by atoms with van der Waals surface area (Å²) >= 11 is 1.40. The monoisotopic (exact) mass is 324 g/mol. The molecule has 0 spiro atoms. The van der Waals surface area contributed by atoms with Crippen molar-refractivity contribution in [3.8, 4) is 0 Å². The summed E-state index contributed by atoms with van der Waals surface area (Å²) in [6.07, 6.45) is 2.37. The molecule has 1 unspecified atom stereocenters. The van der Waals surface area contributed by atoms with Crippen LogP contribution in [-0.2, 0) is 9.47 Å². The number of amides is 1. The number of aromatic nitrogens is 3. The fourth-order valence-electron chi connectivity index (χ4n) is 2.16. The van der Waals surface area contributed by atoms with Gasteiger partial charge in [-0.25, -0.2) is 0 Å². The van der Waals surface area contributed by atoms with E-state index < -0.39 is 0 Å². The average Bonchev–Trinajstić information content (AvgIpc) is 3.27. The van der Waals surface area contributed by atoms with Crippen LogP contribution in [0.4, 0.5) is 5.13 Å². The number of methoxy groups -OCH3 is 1. The van der Waals surface area contributed by atoms with E-state index in [1.807, 2.05) is 0 Å². The molecule has 1 aliphatic heterocycles. The van der Waals surface area contributed by atoms with Crippen LogP contribution in [0.2, 0.25) is 0 Å². The van der Waals surface area contributed by atoms with Crippen molar-refractivity contribution in [1.29, 1.82) is 0 Å². The van der Waals surface area contributed by atoms with Gasteiger partial charge in [0.25, 0.3) is 5.91 Å². The molecule has 1 amide bonds. The van der Waals surface area contributed by atoms with Crippen LogP contribution in [0.3, 0.4) is 0 Å². The van der Waals surface area contributed by atoms with Crippen molar-refractivity contribution in [3.63, 3.8) is 0 Å². The van der Waals surface area contributed by atoms with E-state index in [0.717, 1.165) is 18.0 Å². The van der Waals surface area contributed by atoms with E-state index in [4.69, 9.17) is 14.0 Å². The SMILES string of the molecule is COCCN(C(=O)c1ccno1)c1nnc(C2CCOC2)s1. The molecule has 118 valence electrons. The van der Waals surface area contributed by atoms with E-state index in [0.29, 0.717) is 24.9 Å². The topological polar surface area (TPSA) is 90.6 Å². The van der Waals surface area contributed by atoms with Crippen LogP contribution >= 0.6 is 11.3 Å². The quantitative estimate of drug-likeness (QED) is 0.791. The normalized spacial score (nSPS) is 17.8. The number of nitrogens with zero attached hydrogens (tertiary/aromatic N) is 4. The molecule has 1 atom stereocenters. The molecule has 0 N–H and O–H groups in total. The fraction of sp³-hybridized carbons (Fsp3) is 0.538. The van der Waals surface area contributed by atoms with Gasteiger partial charge in [0, 0.05) is 25.7 Å². The lowest BCUT2D eigenvalue weighted by Gasteiger charge is -2.17. The molecule has 1 aliphatic rings. The first-order chi connectivity index (χ1) is 10.8. The Morgan fingerprint density at radius 2 is 2.45 bits per heavy atom. The van der Waals surface area contributed by atoms with Gasteiger partial charge in [0.1, 0.15) is 5.01 Å². The summed E-state index contributed by atoms with van der Waals surface area (Å²) in [5.41, 5.74) is 0. The molecular weight excluding hydrogens is 308 g/mol. The molecule has 3 heterocycles. The van der Waals surface area contributed by atoms with Crippen molar-refractivity contribution in [2.75, 3.05) is 38.4 Å². The van der Waals surface area contributed by atoms with Crippen LogP contribution in [0.1, 0.15) is 27.9 Å². The minimum Gasteiger partial charge on any atom is -0.383 e. The summed E-state index contributed by atoms with van der Waals surface area (Å²) in [5, 5.41) is 13.3. The smallest absolute Gasteiger partial charge is 0.298 e. The Labute approximate surface area is 131 Å². The minimum atomic E-state index is -0.306. The Balaban J connectivity index is 1.80. The molecule has 9 heteroatoms. The van der Waals surface area contributed by atoms with Gasteiger partial charge in [0.15, 0.2) is 0 Å². The highest BCUT2D eigenvalue weighted by molar-refractivity contribution is 7.15. The second kappa shape index (κ2) is 6.95. The highest BCUT2D eigenvalue weighted by Crippen LogP contribution is 2.31. The molecule has 2 aromatic heterocycles. The maximum Gasteiger partial charge on any atom is 0.298 e. The lowest BCUT2D eigenvalue weighted by atomic mass is 10.1. The van der Waals surface area contributed by atoms with Crippen LogP contribution in [-0.4, -0.2) is 54.7 Å². The molecule has 0 bridgehead atoms. The van der Waals surface area contributed by atoms with Crippen molar-refractivity contribution in [3.05, 3.63) is 23.0 Å². The number of hydrogen-bond donors (Lipinski definition) is 0. The predicted molar refractivity (Wildman–Crippen MR) is 78.1 cm³/mol. The molecule has 1 saturated heterocycles. The summed E-state index contributed by atoms with van der Waals surface area (Å²) < 4.78 is 15.4. The number of ether oxygens (including phenoxy) is 2. The Morgan fingerprint density at radius 3 is 3.14 bits per heavy atom. The van der Waals surface area contributed by atoms with E-state index >= 15 is 0 Å². The first kappa shape index (κ1) is 15.1. The number of anilines is 1. The third-order valence-electron chi connectivity index (χ3n) is 3.35. The molecule has 1 fully saturated rings. The summed E-state index contributed by atoms with van der Waals surface area (Å²) in [5.74, 6) is 0.118. The van der Waals surface area contributed by atoms with Crippen LogP contribution < -0.4 is 4.90 Å². The summed E-state index contributed by atoms with van der Waals surface area (Å²) in [7, 11) is 1.58. The third kappa shape index (κ3) is 3.16. The van der Waals surface area contributed by atoms with E-state index in [-0.39, 0.29) is 17.6 Å². The van der Waals surface area contributed by atoms with Crippen LogP contribution in [0.25, 0.3) is 0 Å². The van der Waals surface area contributed by atoms with Gasteiger partial charge in [0.05, 0.1) is 26.0 Å². The molecule has 0 saturated carbocycles. The minimum absolute atomic E-state index is 0.164. The first-order valence-electron chi connectivity index (χ1n) is 6.92. The first-order valence-corrected chi connectivity index (χ1v) is 7.74. The zero-order chi connectivity index (χ0) is 15.4. The number of carbonyl (C=O) groups is 1. The fourth-order valence-corrected chi connectivity index (χ4v) is 3.14. The molecule has 2 aromatic rings. The van der Waals surface area contributed by atoms with Gasteiger partial charge in [0.2, 0.25) is 10.9 Å². The summed E-state index contributed by atoms with van der Waals surface area (Å²) in [6.45, 7) is 2.15. The van der Waals surface area contributed by atoms with Crippen molar-refractivity contribution < 1.29 is 18.8 Å². The van der Waals surface area contributed by atoms with Crippen molar-refractivity contribution in [2.24, 2.45) is 0 Å². The van der Waals surface area contributed by atoms with Crippen molar-refractivity contribution in [2.45, 2.75) is 12.3 Å². The van der Waals surface area contributed by atoms with Crippen molar-refractivity contribution in [1.82, 2.24) is 15.4 Å². The Morgan fingerprint density at radius 1 is 1.55 bits per heavy atom. The van der Waals surface area contributed by atoms with Crippen LogP contribution in [0, 0.1) is 0 Å². The Bertz CT molecular complexity index is 609. The summed E-state index contributed by atoms with van der Waals surface area (Å²) in [4.78, 5) is 14.0. The Hall–Kier alpha value is -1.84. The zero-order valence-electron chi connectivity index (χ0n) is 12.1. The maximum absolute atomic E-state index is 12.5. The van der Waals surface area contributed by atoms with Gasteiger partial charge >= 0.3 is 0 Å². The molecular formula is C13H16N4O4S. The highest BCUT2D eigenvalue weighted by Gasteiger charge is 2.27. The maximum atomic E-state index is 12.5. The lowest BCUT2D eigenvalue weighted by Crippen LogP contribution is -2.33. The highest BCUT2D eigenvalue weighted by atomic mass is 32.1. The van der Waals surface area contributed by atoms with E-state index in [9.17, 15) is 4.79 Å². The molecule has 8 nitrogen and oxygen atoms in total. The standard InChI is InChI=1S/C13H16N4O4S/c1-19-7-5-17(12(18)10-2-4-14-21-10)13-16-15-11(22-13)9-3-6-20-8-9/h2,4,9H,3,5-8H2,1H3. The molecule has 22 heavy (non-hydrogen) atoms. The second-order valence-corrected chi connectivity index (χ2v) is 5.80. The molecule has 0 radical (unpaired) electrons. The van der Waals surface area contributed by atoms with Gasteiger partial charge in [-0.15, -0.1) is 10.2 Å². The molecule has 0 aliphatic carbocycles. The summed E-state index contributed by atoms with van der Waals surface area (Å²) in [6, 6.07) is 1.52. The predicted octanol–water partition coefficient (Wildman–Crippen LogP) is 1.32. The molecule has 3 rings (SSSR count). The van der Waals surface area contributed by atoms with Gasteiger partial charge in [-0.05, 0) is 6.42 Å². The third-order valence-corrected chi connectivity index (χ3v) is 4.46. The van der Waals surface area contributed by atoms with Gasteiger partial charge in [-0.2, -0.15) is 0 Å². The largest absolute Gasteiger partial charge is 0.383 e.